The fraction of sp³-hybridized carbons (Fsp3) is 0.333. The Morgan fingerprint density at radius 3 is 2.52 bits per heavy atom. The van der Waals surface area contributed by atoms with E-state index in [1.807, 2.05) is 30.3 Å². The Labute approximate surface area is 131 Å². The van der Waals surface area contributed by atoms with Gasteiger partial charge in [-0.2, -0.15) is 4.31 Å². The van der Waals surface area contributed by atoms with Crippen molar-refractivity contribution < 1.29 is 8.42 Å². The van der Waals surface area contributed by atoms with Gasteiger partial charge in [0.15, 0.2) is 0 Å². The topological polar surface area (TPSA) is 63.4 Å². The maximum atomic E-state index is 12.6. The molecular weight excluding hydrogens is 308 g/mol. The summed E-state index contributed by atoms with van der Waals surface area (Å²) in [5, 5.41) is 2.00. The summed E-state index contributed by atoms with van der Waals surface area (Å²) in [5.41, 5.74) is 5.63. The minimum Gasteiger partial charge on any atom is -0.330 e. The maximum Gasteiger partial charge on any atom is 0.243 e. The molecule has 0 radical (unpaired) electrons. The molecular formula is C15H19ClN2O2S. The van der Waals surface area contributed by atoms with E-state index in [1.165, 1.54) is 0 Å². The fourth-order valence-electron chi connectivity index (χ4n) is 2.68. The lowest BCUT2D eigenvalue weighted by molar-refractivity contribution is 0.459. The van der Waals surface area contributed by atoms with E-state index in [2.05, 4.69) is 0 Å². The van der Waals surface area contributed by atoms with E-state index < -0.39 is 10.0 Å². The van der Waals surface area contributed by atoms with Crippen LogP contribution < -0.4 is 5.73 Å². The zero-order chi connectivity index (χ0) is 14.2. The Bertz CT molecular complexity index is 733. The van der Waals surface area contributed by atoms with Gasteiger partial charge in [-0.25, -0.2) is 8.42 Å². The first-order valence-electron chi connectivity index (χ1n) is 6.80. The molecule has 0 saturated carbocycles. The van der Waals surface area contributed by atoms with Gasteiger partial charge in [-0.3, -0.25) is 0 Å². The summed E-state index contributed by atoms with van der Waals surface area (Å²) in [7, 11) is -3.40. The molecule has 1 atom stereocenters. The van der Waals surface area contributed by atoms with Crippen molar-refractivity contribution in [1.29, 1.82) is 0 Å². The second-order valence-electron chi connectivity index (χ2n) is 5.26. The molecule has 0 amide bonds. The first kappa shape index (κ1) is 16.2. The summed E-state index contributed by atoms with van der Waals surface area (Å²) < 4.78 is 26.8. The van der Waals surface area contributed by atoms with Crippen LogP contribution in [0.25, 0.3) is 10.8 Å². The van der Waals surface area contributed by atoms with Crippen LogP contribution in [0, 0.1) is 5.92 Å². The third-order valence-corrected chi connectivity index (χ3v) is 5.80. The molecule has 3 rings (SSSR count). The quantitative estimate of drug-likeness (QED) is 0.940. The van der Waals surface area contributed by atoms with Crippen LogP contribution in [0.3, 0.4) is 0 Å². The van der Waals surface area contributed by atoms with E-state index in [1.54, 1.807) is 16.4 Å². The summed E-state index contributed by atoms with van der Waals surface area (Å²) in [4.78, 5) is 0.369. The van der Waals surface area contributed by atoms with Gasteiger partial charge in [0.2, 0.25) is 10.0 Å². The molecule has 1 aliphatic heterocycles. The van der Waals surface area contributed by atoms with E-state index in [9.17, 15) is 8.42 Å². The van der Waals surface area contributed by atoms with Gasteiger partial charge in [-0.15, -0.1) is 12.4 Å². The van der Waals surface area contributed by atoms with Crippen molar-refractivity contribution in [2.45, 2.75) is 11.3 Å². The summed E-state index contributed by atoms with van der Waals surface area (Å²) in [6.07, 6.45) is 0.851. The number of fused-ring (bicyclic) bond motifs is 1. The maximum absolute atomic E-state index is 12.6. The molecule has 6 heteroatoms. The van der Waals surface area contributed by atoms with Crippen molar-refractivity contribution in [2.75, 3.05) is 19.6 Å². The van der Waals surface area contributed by atoms with Crippen LogP contribution in [0.4, 0.5) is 0 Å². The first-order chi connectivity index (χ1) is 9.61. The van der Waals surface area contributed by atoms with Gasteiger partial charge in [-0.05, 0) is 41.8 Å². The average molecular weight is 327 g/mol. The zero-order valence-corrected chi connectivity index (χ0v) is 13.2. The normalized spacial score (nSPS) is 19.6. The van der Waals surface area contributed by atoms with Crippen molar-refractivity contribution >= 4 is 33.2 Å². The molecule has 114 valence electrons. The molecule has 1 saturated heterocycles. The number of hydrogen-bond acceptors (Lipinski definition) is 3. The fourth-order valence-corrected chi connectivity index (χ4v) is 4.25. The van der Waals surface area contributed by atoms with Crippen LogP contribution in [-0.4, -0.2) is 32.4 Å². The minimum atomic E-state index is -3.40. The van der Waals surface area contributed by atoms with Gasteiger partial charge in [0, 0.05) is 13.1 Å². The molecule has 2 N–H and O–H groups in total. The van der Waals surface area contributed by atoms with Gasteiger partial charge >= 0.3 is 0 Å². The predicted octanol–water partition coefficient (Wildman–Crippen LogP) is 2.23. The lowest BCUT2D eigenvalue weighted by Gasteiger charge is -2.16. The molecule has 1 heterocycles. The molecule has 0 aromatic heterocycles. The van der Waals surface area contributed by atoms with E-state index in [-0.39, 0.29) is 18.3 Å². The second kappa shape index (κ2) is 6.32. The highest BCUT2D eigenvalue weighted by atomic mass is 35.5. The van der Waals surface area contributed by atoms with Crippen molar-refractivity contribution in [3.63, 3.8) is 0 Å². The predicted molar refractivity (Wildman–Crippen MR) is 87.1 cm³/mol. The van der Waals surface area contributed by atoms with Crippen molar-refractivity contribution in [2.24, 2.45) is 11.7 Å². The Morgan fingerprint density at radius 2 is 1.86 bits per heavy atom. The summed E-state index contributed by atoms with van der Waals surface area (Å²) in [6, 6.07) is 13.1. The number of nitrogens with zero attached hydrogens (tertiary/aromatic N) is 1. The van der Waals surface area contributed by atoms with Crippen molar-refractivity contribution in [1.82, 2.24) is 4.31 Å². The molecule has 1 aliphatic rings. The molecule has 0 aliphatic carbocycles. The lowest BCUT2D eigenvalue weighted by Crippen LogP contribution is -2.30. The Morgan fingerprint density at radius 1 is 1.14 bits per heavy atom. The van der Waals surface area contributed by atoms with Crippen molar-refractivity contribution in [3.8, 4) is 0 Å². The first-order valence-corrected chi connectivity index (χ1v) is 8.24. The molecule has 0 bridgehead atoms. The molecule has 1 unspecified atom stereocenters. The van der Waals surface area contributed by atoms with E-state index in [0.717, 1.165) is 17.2 Å². The monoisotopic (exact) mass is 326 g/mol. The Hall–Kier alpha value is -1.14. The third kappa shape index (κ3) is 3.06. The van der Waals surface area contributed by atoms with Gasteiger partial charge in [0.05, 0.1) is 4.90 Å². The average Bonchev–Trinajstić information content (AvgIpc) is 2.96. The van der Waals surface area contributed by atoms with Gasteiger partial charge < -0.3 is 5.73 Å². The van der Waals surface area contributed by atoms with Crippen LogP contribution in [0.1, 0.15) is 6.42 Å². The highest BCUT2D eigenvalue weighted by Crippen LogP contribution is 2.26. The molecule has 2 aromatic rings. The number of nitrogens with two attached hydrogens (primary N) is 1. The molecule has 21 heavy (non-hydrogen) atoms. The van der Waals surface area contributed by atoms with E-state index in [0.29, 0.717) is 24.5 Å². The lowest BCUT2D eigenvalue weighted by atomic mass is 10.1. The van der Waals surface area contributed by atoms with Gasteiger partial charge in [-0.1, -0.05) is 30.3 Å². The minimum absolute atomic E-state index is 0. The molecule has 0 spiro atoms. The number of halogens is 1. The molecule has 4 nitrogen and oxygen atoms in total. The van der Waals surface area contributed by atoms with Gasteiger partial charge in [0.25, 0.3) is 0 Å². The van der Waals surface area contributed by atoms with Crippen LogP contribution in [0.15, 0.2) is 47.4 Å². The van der Waals surface area contributed by atoms with Crippen LogP contribution >= 0.6 is 12.4 Å². The van der Waals surface area contributed by atoms with Gasteiger partial charge in [0.1, 0.15) is 0 Å². The smallest absolute Gasteiger partial charge is 0.243 e. The van der Waals surface area contributed by atoms with E-state index in [4.69, 9.17) is 5.73 Å². The highest BCUT2D eigenvalue weighted by molar-refractivity contribution is 7.89. The molecule has 2 aromatic carbocycles. The van der Waals surface area contributed by atoms with Crippen LogP contribution in [-0.2, 0) is 10.0 Å². The second-order valence-corrected chi connectivity index (χ2v) is 7.20. The third-order valence-electron chi connectivity index (χ3n) is 3.94. The Kier molecular flexibility index (Phi) is 4.88. The zero-order valence-electron chi connectivity index (χ0n) is 11.6. The van der Waals surface area contributed by atoms with E-state index >= 15 is 0 Å². The summed E-state index contributed by atoms with van der Waals surface area (Å²) in [6.45, 7) is 1.65. The number of sulfonamides is 1. The van der Waals surface area contributed by atoms with Crippen LogP contribution in [0.2, 0.25) is 0 Å². The number of hydrogen-bond donors (Lipinski definition) is 1. The summed E-state index contributed by atoms with van der Waals surface area (Å²) >= 11 is 0. The van der Waals surface area contributed by atoms with Crippen LogP contribution in [0.5, 0.6) is 0 Å². The number of benzene rings is 2. The standard InChI is InChI=1S/C15H18N2O2S.ClH/c16-10-12-7-8-17(11-12)20(18,19)15-6-5-13-3-1-2-4-14(13)9-15;/h1-6,9,12H,7-8,10-11,16H2;1H. The highest BCUT2D eigenvalue weighted by Gasteiger charge is 2.31. The SMILES string of the molecule is Cl.NCC1CCN(S(=O)(=O)c2ccc3ccccc3c2)C1. The largest absolute Gasteiger partial charge is 0.330 e. The number of rotatable bonds is 3. The molecule has 1 fully saturated rings. The summed E-state index contributed by atoms with van der Waals surface area (Å²) in [5.74, 6) is 0.283. The Balaban J connectivity index is 0.00000161. The van der Waals surface area contributed by atoms with Crippen molar-refractivity contribution in [3.05, 3.63) is 42.5 Å².